The molecule has 0 bridgehead atoms. The first-order valence-electron chi connectivity index (χ1n) is 4.46. The van der Waals surface area contributed by atoms with E-state index in [4.69, 9.17) is 4.74 Å². The zero-order valence-electron chi connectivity index (χ0n) is 8.02. The Labute approximate surface area is 91.6 Å². The van der Waals surface area contributed by atoms with Crippen LogP contribution < -0.4 is 10.1 Å². The summed E-state index contributed by atoms with van der Waals surface area (Å²) in [4.78, 5) is 0. The normalized spacial score (nSPS) is 10.2. The van der Waals surface area contributed by atoms with Gasteiger partial charge in [-0.05, 0) is 48.1 Å². The Morgan fingerprint density at radius 3 is 2.93 bits per heavy atom. The number of hydrogen-bond acceptors (Lipinski definition) is 2. The second-order valence-corrected chi connectivity index (χ2v) is 3.74. The lowest BCUT2D eigenvalue weighted by Crippen LogP contribution is -2.11. The molecule has 0 fully saturated rings. The molecule has 2 nitrogen and oxygen atoms in total. The Kier molecular flexibility index (Phi) is 4.90. The smallest absolute Gasteiger partial charge is 0.141 e. The Bertz CT molecular complexity index is 293. The van der Waals surface area contributed by atoms with Gasteiger partial charge in [0, 0.05) is 6.07 Å². The van der Waals surface area contributed by atoms with Crippen LogP contribution in [-0.2, 0) is 0 Å². The minimum Gasteiger partial charge on any atom is -0.493 e. The van der Waals surface area contributed by atoms with Crippen LogP contribution in [0.3, 0.4) is 0 Å². The van der Waals surface area contributed by atoms with Crippen molar-refractivity contribution >= 4 is 15.9 Å². The van der Waals surface area contributed by atoms with E-state index in [1.807, 2.05) is 7.05 Å². The number of rotatable bonds is 5. The van der Waals surface area contributed by atoms with Gasteiger partial charge in [-0.1, -0.05) is 0 Å². The van der Waals surface area contributed by atoms with Crippen LogP contribution in [0.2, 0.25) is 0 Å². The summed E-state index contributed by atoms with van der Waals surface area (Å²) in [5.74, 6) is 0.276. The van der Waals surface area contributed by atoms with E-state index < -0.39 is 0 Å². The summed E-state index contributed by atoms with van der Waals surface area (Å²) < 4.78 is 18.8. The minimum atomic E-state index is -0.295. The van der Waals surface area contributed by atoms with E-state index in [1.165, 1.54) is 6.07 Å². The molecule has 0 radical (unpaired) electrons. The molecule has 1 rings (SSSR count). The van der Waals surface area contributed by atoms with Crippen molar-refractivity contribution in [3.63, 3.8) is 0 Å². The number of hydrogen-bond donors (Lipinski definition) is 1. The monoisotopic (exact) mass is 261 g/mol. The molecule has 1 aromatic rings. The van der Waals surface area contributed by atoms with Crippen molar-refractivity contribution < 1.29 is 9.13 Å². The highest BCUT2D eigenvalue weighted by molar-refractivity contribution is 9.10. The van der Waals surface area contributed by atoms with E-state index in [2.05, 4.69) is 21.2 Å². The predicted molar refractivity (Wildman–Crippen MR) is 58.1 cm³/mol. The topological polar surface area (TPSA) is 21.3 Å². The first-order valence-corrected chi connectivity index (χ1v) is 5.26. The highest BCUT2D eigenvalue weighted by atomic mass is 79.9. The maximum atomic E-state index is 13.0. The molecule has 0 aromatic heterocycles. The molecule has 0 heterocycles. The van der Waals surface area contributed by atoms with Gasteiger partial charge in [-0.25, -0.2) is 4.39 Å². The average molecular weight is 262 g/mol. The molecule has 0 saturated carbocycles. The fourth-order valence-electron chi connectivity index (χ4n) is 1.01. The molecule has 0 aliphatic carbocycles. The van der Waals surface area contributed by atoms with Crippen LogP contribution in [0.1, 0.15) is 6.42 Å². The molecule has 78 valence electrons. The molecule has 0 atom stereocenters. The summed E-state index contributed by atoms with van der Waals surface area (Å²) in [6.07, 6.45) is 0.911. The summed E-state index contributed by atoms with van der Waals surface area (Å²) in [5.41, 5.74) is 0. The molecule has 0 aliphatic heterocycles. The van der Waals surface area contributed by atoms with Crippen LogP contribution in [0.15, 0.2) is 22.7 Å². The number of halogens is 2. The third kappa shape index (κ3) is 3.64. The van der Waals surface area contributed by atoms with E-state index >= 15 is 0 Å². The van der Waals surface area contributed by atoms with Gasteiger partial charge in [0.15, 0.2) is 0 Å². The Hall–Kier alpha value is -0.610. The van der Waals surface area contributed by atoms with Gasteiger partial charge < -0.3 is 10.1 Å². The molecular weight excluding hydrogens is 249 g/mol. The molecule has 1 aromatic carbocycles. The summed E-state index contributed by atoms with van der Waals surface area (Å²) in [5, 5.41) is 3.01. The third-order valence-corrected chi connectivity index (χ3v) is 2.37. The van der Waals surface area contributed by atoms with E-state index in [9.17, 15) is 4.39 Å². The molecule has 0 amide bonds. The molecule has 0 spiro atoms. The molecule has 4 heteroatoms. The van der Waals surface area contributed by atoms with Gasteiger partial charge in [0.25, 0.3) is 0 Å². The van der Waals surface area contributed by atoms with Gasteiger partial charge in [0.1, 0.15) is 11.6 Å². The predicted octanol–water partition coefficient (Wildman–Crippen LogP) is 2.58. The van der Waals surface area contributed by atoms with E-state index in [0.717, 1.165) is 13.0 Å². The van der Waals surface area contributed by atoms with Crippen LogP contribution >= 0.6 is 15.9 Å². The quantitative estimate of drug-likeness (QED) is 0.823. The summed E-state index contributed by atoms with van der Waals surface area (Å²) in [6, 6.07) is 4.76. The second kappa shape index (κ2) is 5.98. The number of benzene rings is 1. The summed E-state index contributed by atoms with van der Waals surface area (Å²) in [6.45, 7) is 1.50. The van der Waals surface area contributed by atoms with Crippen LogP contribution in [-0.4, -0.2) is 20.2 Å². The maximum Gasteiger partial charge on any atom is 0.141 e. The van der Waals surface area contributed by atoms with Crippen LogP contribution in [0.25, 0.3) is 0 Å². The molecule has 14 heavy (non-hydrogen) atoms. The highest BCUT2D eigenvalue weighted by Gasteiger charge is 2.00. The van der Waals surface area contributed by atoms with Gasteiger partial charge in [0.2, 0.25) is 0 Å². The van der Waals surface area contributed by atoms with Gasteiger partial charge in [-0.3, -0.25) is 0 Å². The maximum absolute atomic E-state index is 13.0. The Morgan fingerprint density at radius 1 is 1.50 bits per heavy atom. The lowest BCUT2D eigenvalue weighted by Gasteiger charge is -2.06. The molecular formula is C10H13BrFNO. The van der Waals surface area contributed by atoms with E-state index in [0.29, 0.717) is 16.8 Å². The first kappa shape index (κ1) is 11.5. The molecule has 0 aliphatic rings. The van der Waals surface area contributed by atoms with Crippen molar-refractivity contribution in [1.82, 2.24) is 5.32 Å². The lowest BCUT2D eigenvalue weighted by molar-refractivity contribution is 0.308. The highest BCUT2D eigenvalue weighted by Crippen LogP contribution is 2.20. The van der Waals surface area contributed by atoms with Crippen molar-refractivity contribution in [1.29, 1.82) is 0 Å². The summed E-state index contributed by atoms with van der Waals surface area (Å²) >= 11 is 3.08. The van der Waals surface area contributed by atoms with Crippen molar-refractivity contribution in [2.75, 3.05) is 20.2 Å². The number of nitrogens with one attached hydrogen (secondary N) is 1. The zero-order chi connectivity index (χ0) is 10.4. The van der Waals surface area contributed by atoms with Crippen molar-refractivity contribution in [3.05, 3.63) is 28.5 Å². The minimum absolute atomic E-state index is 0.295. The van der Waals surface area contributed by atoms with Crippen molar-refractivity contribution in [2.45, 2.75) is 6.42 Å². The van der Waals surface area contributed by atoms with E-state index in [-0.39, 0.29) is 5.82 Å². The third-order valence-electron chi connectivity index (χ3n) is 1.73. The first-order chi connectivity index (χ1) is 6.74. The zero-order valence-corrected chi connectivity index (χ0v) is 9.60. The van der Waals surface area contributed by atoms with E-state index in [1.54, 1.807) is 12.1 Å². The molecule has 0 saturated heterocycles. The molecule has 1 N–H and O–H groups in total. The standard InChI is InChI=1S/C10H13BrFNO/c1-13-5-2-6-14-8-3-4-9(11)10(12)7-8/h3-4,7,13H,2,5-6H2,1H3. The van der Waals surface area contributed by atoms with Crippen LogP contribution in [0.5, 0.6) is 5.75 Å². The van der Waals surface area contributed by atoms with Gasteiger partial charge in [-0.2, -0.15) is 0 Å². The molecule has 0 unspecified atom stereocenters. The van der Waals surface area contributed by atoms with Crippen molar-refractivity contribution in [2.24, 2.45) is 0 Å². The lowest BCUT2D eigenvalue weighted by atomic mass is 10.3. The van der Waals surface area contributed by atoms with Crippen molar-refractivity contribution in [3.8, 4) is 5.75 Å². The van der Waals surface area contributed by atoms with Crippen LogP contribution in [0.4, 0.5) is 4.39 Å². The SMILES string of the molecule is CNCCCOc1ccc(Br)c(F)c1. The fraction of sp³-hybridized carbons (Fsp3) is 0.400. The Morgan fingerprint density at radius 2 is 2.29 bits per heavy atom. The average Bonchev–Trinajstić information content (AvgIpc) is 2.18. The van der Waals surface area contributed by atoms with Gasteiger partial charge in [0.05, 0.1) is 11.1 Å². The summed E-state index contributed by atoms with van der Waals surface area (Å²) in [7, 11) is 1.89. The second-order valence-electron chi connectivity index (χ2n) is 2.88. The van der Waals surface area contributed by atoms with Gasteiger partial charge >= 0.3 is 0 Å². The van der Waals surface area contributed by atoms with Crippen LogP contribution in [0, 0.1) is 5.82 Å². The Balaban J connectivity index is 2.39. The number of ether oxygens (including phenoxy) is 1. The fourth-order valence-corrected chi connectivity index (χ4v) is 1.25. The van der Waals surface area contributed by atoms with Gasteiger partial charge in [-0.15, -0.1) is 0 Å². The largest absolute Gasteiger partial charge is 0.493 e.